The maximum absolute atomic E-state index is 9.75. The molecule has 2 N–H and O–H groups in total. The van der Waals surface area contributed by atoms with Crippen molar-refractivity contribution >= 4 is 5.82 Å². The molecule has 0 spiro atoms. The predicted octanol–water partition coefficient (Wildman–Crippen LogP) is 3.31. The number of aromatic nitrogens is 2. The summed E-state index contributed by atoms with van der Waals surface area (Å²) in [5.41, 5.74) is 2.28. The van der Waals surface area contributed by atoms with Crippen LogP contribution in [0.1, 0.15) is 43.3 Å². The monoisotopic (exact) mass is 299 g/mol. The van der Waals surface area contributed by atoms with Gasteiger partial charge in [-0.25, -0.2) is 9.97 Å². The highest BCUT2D eigenvalue weighted by molar-refractivity contribution is 5.37. The van der Waals surface area contributed by atoms with Crippen molar-refractivity contribution < 1.29 is 5.11 Å². The summed E-state index contributed by atoms with van der Waals surface area (Å²) in [7, 11) is 0. The van der Waals surface area contributed by atoms with Gasteiger partial charge in [0.1, 0.15) is 11.6 Å². The van der Waals surface area contributed by atoms with Gasteiger partial charge in [-0.05, 0) is 32.3 Å². The average Bonchev–Trinajstić information content (AvgIpc) is 2.51. The Morgan fingerprint density at radius 3 is 2.55 bits per heavy atom. The van der Waals surface area contributed by atoms with Crippen LogP contribution in [0.25, 0.3) is 0 Å². The number of anilines is 1. The number of aryl methyl sites for hydroxylation is 2. The third kappa shape index (κ3) is 4.81. The molecule has 0 saturated heterocycles. The molecule has 0 aliphatic heterocycles. The van der Waals surface area contributed by atoms with Crippen LogP contribution >= 0.6 is 0 Å². The van der Waals surface area contributed by atoms with E-state index in [9.17, 15) is 5.11 Å². The van der Waals surface area contributed by atoms with Gasteiger partial charge < -0.3 is 10.4 Å². The molecule has 0 amide bonds. The molecule has 4 nitrogen and oxygen atoms in total. The number of nitrogens with zero attached hydrogens (tertiary/aromatic N) is 2. The van der Waals surface area contributed by atoms with Crippen molar-refractivity contribution in [1.29, 1.82) is 0 Å². The lowest BCUT2D eigenvalue weighted by Gasteiger charge is -2.20. The van der Waals surface area contributed by atoms with Gasteiger partial charge in [0.25, 0.3) is 0 Å². The molecule has 0 aliphatic carbocycles. The van der Waals surface area contributed by atoms with Crippen LogP contribution < -0.4 is 5.32 Å². The summed E-state index contributed by atoms with van der Waals surface area (Å²) in [6.45, 7) is 6.58. The van der Waals surface area contributed by atoms with Crippen molar-refractivity contribution in [3.05, 3.63) is 53.5 Å². The van der Waals surface area contributed by atoms with Crippen LogP contribution in [0.5, 0.6) is 0 Å². The summed E-state index contributed by atoms with van der Waals surface area (Å²) in [6, 6.07) is 12.3. The lowest BCUT2D eigenvalue weighted by molar-refractivity contribution is 0.175. The van der Waals surface area contributed by atoms with E-state index in [-0.39, 0.29) is 12.0 Å². The largest absolute Gasteiger partial charge is 0.393 e. The van der Waals surface area contributed by atoms with E-state index in [1.807, 2.05) is 38.1 Å². The molecule has 0 fully saturated rings. The van der Waals surface area contributed by atoms with Crippen LogP contribution in [-0.2, 0) is 6.42 Å². The summed E-state index contributed by atoms with van der Waals surface area (Å²) in [6.07, 6.45) is 1.29. The van der Waals surface area contributed by atoms with Crippen molar-refractivity contribution in [1.82, 2.24) is 9.97 Å². The predicted molar refractivity (Wildman–Crippen MR) is 90.1 cm³/mol. The zero-order valence-electron chi connectivity index (χ0n) is 13.6. The third-order valence-corrected chi connectivity index (χ3v) is 3.68. The number of aliphatic hydroxyl groups is 1. The fraction of sp³-hybridized carbons (Fsp3) is 0.444. The first-order valence-corrected chi connectivity index (χ1v) is 7.90. The Balaban J connectivity index is 2.10. The van der Waals surface area contributed by atoms with E-state index in [4.69, 9.17) is 0 Å². The van der Waals surface area contributed by atoms with Gasteiger partial charge in [-0.3, -0.25) is 0 Å². The molecule has 0 saturated carbocycles. The topological polar surface area (TPSA) is 58.0 Å². The van der Waals surface area contributed by atoms with Gasteiger partial charge >= 0.3 is 0 Å². The van der Waals surface area contributed by atoms with Crippen molar-refractivity contribution in [2.75, 3.05) is 11.9 Å². The minimum Gasteiger partial charge on any atom is -0.393 e. The number of rotatable bonds is 7. The molecular weight excluding hydrogens is 274 g/mol. The Hall–Kier alpha value is -1.94. The van der Waals surface area contributed by atoms with Crippen LogP contribution in [0.3, 0.4) is 0 Å². The van der Waals surface area contributed by atoms with E-state index in [0.29, 0.717) is 0 Å². The van der Waals surface area contributed by atoms with E-state index < -0.39 is 0 Å². The van der Waals surface area contributed by atoms with Crippen molar-refractivity contribution in [3.8, 4) is 0 Å². The second kappa shape index (κ2) is 7.90. The lowest BCUT2D eigenvalue weighted by Crippen LogP contribution is -2.18. The standard InChI is InChI=1S/C18H25N3O/c1-4-17-11-18(21-14(3)20-17)19-12-16(10-13(2)22)15-8-6-5-7-9-15/h5-9,11,13,16,22H,4,10,12H2,1-3H3,(H,19,20,21). The molecule has 22 heavy (non-hydrogen) atoms. The number of benzene rings is 1. The summed E-state index contributed by atoms with van der Waals surface area (Å²) in [4.78, 5) is 8.84. The van der Waals surface area contributed by atoms with Crippen LogP contribution in [0.4, 0.5) is 5.82 Å². The second-order valence-corrected chi connectivity index (χ2v) is 5.72. The van der Waals surface area contributed by atoms with Gasteiger partial charge in [0, 0.05) is 24.2 Å². The van der Waals surface area contributed by atoms with Gasteiger partial charge in [-0.2, -0.15) is 0 Å². The zero-order valence-corrected chi connectivity index (χ0v) is 13.6. The van der Waals surface area contributed by atoms with Gasteiger partial charge in [0.05, 0.1) is 6.10 Å². The first-order chi connectivity index (χ1) is 10.6. The molecule has 2 unspecified atom stereocenters. The molecule has 1 aromatic heterocycles. The zero-order chi connectivity index (χ0) is 15.9. The maximum Gasteiger partial charge on any atom is 0.129 e. The molecule has 1 heterocycles. The van der Waals surface area contributed by atoms with Gasteiger partial charge in [-0.15, -0.1) is 0 Å². The first kappa shape index (κ1) is 16.4. The summed E-state index contributed by atoms with van der Waals surface area (Å²) in [5, 5.41) is 13.2. The molecule has 4 heteroatoms. The van der Waals surface area contributed by atoms with Crippen LogP contribution in [0, 0.1) is 6.92 Å². The fourth-order valence-corrected chi connectivity index (χ4v) is 2.60. The van der Waals surface area contributed by atoms with Gasteiger partial charge in [0.2, 0.25) is 0 Å². The quantitative estimate of drug-likeness (QED) is 0.823. The normalized spacial score (nSPS) is 13.6. The highest BCUT2D eigenvalue weighted by Gasteiger charge is 2.14. The van der Waals surface area contributed by atoms with Gasteiger partial charge in [-0.1, -0.05) is 37.3 Å². The number of hydrogen-bond donors (Lipinski definition) is 2. The molecule has 118 valence electrons. The Morgan fingerprint density at radius 2 is 1.91 bits per heavy atom. The second-order valence-electron chi connectivity index (χ2n) is 5.72. The van der Waals surface area contributed by atoms with Gasteiger partial charge in [0.15, 0.2) is 0 Å². The maximum atomic E-state index is 9.75. The highest BCUT2D eigenvalue weighted by atomic mass is 16.3. The average molecular weight is 299 g/mol. The van der Waals surface area contributed by atoms with Crippen molar-refractivity contribution in [2.24, 2.45) is 0 Å². The van der Waals surface area contributed by atoms with E-state index in [2.05, 4.69) is 34.3 Å². The Bertz CT molecular complexity index is 584. The van der Waals surface area contributed by atoms with E-state index in [0.717, 1.165) is 36.7 Å². The third-order valence-electron chi connectivity index (χ3n) is 3.68. The molecule has 1 aromatic carbocycles. The molecule has 2 rings (SSSR count). The molecule has 0 aliphatic rings. The van der Waals surface area contributed by atoms with Crippen molar-refractivity contribution in [3.63, 3.8) is 0 Å². The SMILES string of the molecule is CCc1cc(NCC(CC(C)O)c2ccccc2)nc(C)n1. The van der Waals surface area contributed by atoms with Crippen LogP contribution in [0.15, 0.2) is 36.4 Å². The Morgan fingerprint density at radius 1 is 1.18 bits per heavy atom. The molecule has 0 radical (unpaired) electrons. The first-order valence-electron chi connectivity index (χ1n) is 7.90. The Kier molecular flexibility index (Phi) is 5.90. The van der Waals surface area contributed by atoms with E-state index in [1.54, 1.807) is 0 Å². The number of aliphatic hydroxyl groups excluding tert-OH is 1. The van der Waals surface area contributed by atoms with Crippen LogP contribution in [0.2, 0.25) is 0 Å². The highest BCUT2D eigenvalue weighted by Crippen LogP contribution is 2.22. The molecule has 2 atom stereocenters. The van der Waals surface area contributed by atoms with E-state index in [1.165, 1.54) is 5.56 Å². The van der Waals surface area contributed by atoms with Crippen LogP contribution in [-0.4, -0.2) is 27.7 Å². The minimum atomic E-state index is -0.328. The Labute approximate surface area is 132 Å². The minimum absolute atomic E-state index is 0.251. The molecule has 2 aromatic rings. The lowest BCUT2D eigenvalue weighted by atomic mass is 9.93. The fourth-order valence-electron chi connectivity index (χ4n) is 2.60. The summed E-state index contributed by atoms with van der Waals surface area (Å²) in [5.74, 6) is 1.89. The molecule has 0 bridgehead atoms. The summed E-state index contributed by atoms with van der Waals surface area (Å²) >= 11 is 0. The molecular formula is C18H25N3O. The smallest absolute Gasteiger partial charge is 0.129 e. The number of hydrogen-bond acceptors (Lipinski definition) is 4. The number of nitrogens with one attached hydrogen (secondary N) is 1. The van der Waals surface area contributed by atoms with Crippen molar-refractivity contribution in [2.45, 2.75) is 45.6 Å². The summed E-state index contributed by atoms with van der Waals surface area (Å²) < 4.78 is 0. The van der Waals surface area contributed by atoms with E-state index >= 15 is 0 Å².